The van der Waals surface area contributed by atoms with Crippen LogP contribution in [0.2, 0.25) is 0 Å². The van der Waals surface area contributed by atoms with Crippen molar-refractivity contribution in [3.63, 3.8) is 0 Å². The van der Waals surface area contributed by atoms with E-state index in [9.17, 15) is 14.4 Å². The number of carbonyl (C=O) groups excluding carboxylic acids is 3. The molecular weight excluding hydrogens is 476 g/mol. The van der Waals surface area contributed by atoms with Gasteiger partial charge >= 0.3 is 0 Å². The molecule has 186 valence electrons. The minimum Gasteiger partial charge on any atom is -0.490 e. The molecule has 0 spiro atoms. The van der Waals surface area contributed by atoms with Gasteiger partial charge in [0, 0.05) is 11.1 Å². The molecule has 0 atom stereocenters. The van der Waals surface area contributed by atoms with Gasteiger partial charge in [0.05, 0.1) is 18.1 Å². The Hall–Kier alpha value is -3.78. The van der Waals surface area contributed by atoms with Crippen LogP contribution in [0.5, 0.6) is 11.5 Å². The normalized spacial score (nSPS) is 14.7. The van der Waals surface area contributed by atoms with Crippen LogP contribution in [-0.2, 0) is 9.59 Å². The third kappa shape index (κ3) is 5.88. The summed E-state index contributed by atoms with van der Waals surface area (Å²) in [6.07, 6.45) is 1.63. The molecule has 0 radical (unpaired) electrons. The van der Waals surface area contributed by atoms with Crippen LogP contribution >= 0.6 is 11.8 Å². The quantitative estimate of drug-likeness (QED) is 0.363. The monoisotopic (exact) mass is 504 g/mol. The van der Waals surface area contributed by atoms with E-state index in [4.69, 9.17) is 9.47 Å². The minimum absolute atomic E-state index is 0.247. The summed E-state index contributed by atoms with van der Waals surface area (Å²) < 4.78 is 11.5. The maximum absolute atomic E-state index is 13.0. The summed E-state index contributed by atoms with van der Waals surface area (Å²) in [5.41, 5.74) is 1.32. The number of anilines is 1. The number of carbonyl (C=O) groups is 3. The second kappa shape index (κ2) is 11.3. The number of fused-ring (bicyclic) bond motifs is 1. The lowest BCUT2D eigenvalue weighted by Gasteiger charge is -2.14. The second-order valence-electron chi connectivity index (χ2n) is 8.69. The van der Waals surface area contributed by atoms with E-state index >= 15 is 0 Å². The molecule has 0 bridgehead atoms. The van der Waals surface area contributed by atoms with Crippen molar-refractivity contribution in [2.75, 3.05) is 25.1 Å². The molecule has 0 unspecified atom stereocenters. The van der Waals surface area contributed by atoms with E-state index in [1.807, 2.05) is 43.3 Å². The zero-order valence-electron chi connectivity index (χ0n) is 20.4. The standard InChI is InChI=1S/C28H28N2O5S/c1-4-34-24-14-19(12-13-23(24)35-17-18(2)3)15-25-27(32)30(28(33)36-25)16-26(31)29-22-11-7-9-20-8-5-6-10-21(20)22/h5-15,18H,4,16-17H2,1-3H3,(H,29,31)/b25-15-. The first-order valence-electron chi connectivity index (χ1n) is 11.8. The Kier molecular flexibility index (Phi) is 7.95. The largest absolute Gasteiger partial charge is 0.490 e. The fourth-order valence-corrected chi connectivity index (χ4v) is 4.55. The minimum atomic E-state index is -0.504. The summed E-state index contributed by atoms with van der Waals surface area (Å²) in [4.78, 5) is 39.4. The zero-order valence-corrected chi connectivity index (χ0v) is 21.3. The highest BCUT2D eigenvalue weighted by molar-refractivity contribution is 8.18. The van der Waals surface area contributed by atoms with Crippen LogP contribution in [0.4, 0.5) is 10.5 Å². The Balaban J connectivity index is 1.47. The van der Waals surface area contributed by atoms with Crippen LogP contribution in [0.25, 0.3) is 16.8 Å². The van der Waals surface area contributed by atoms with E-state index in [0.717, 1.165) is 27.4 Å². The lowest BCUT2D eigenvalue weighted by atomic mass is 10.1. The molecule has 1 aliphatic rings. The Bertz CT molecular complexity index is 1330. The van der Waals surface area contributed by atoms with Gasteiger partial charge in [-0.1, -0.05) is 56.3 Å². The van der Waals surface area contributed by atoms with Gasteiger partial charge < -0.3 is 14.8 Å². The molecule has 3 amide bonds. The van der Waals surface area contributed by atoms with Gasteiger partial charge in [0.1, 0.15) is 6.54 Å². The van der Waals surface area contributed by atoms with Crippen molar-refractivity contribution in [1.29, 1.82) is 0 Å². The fraction of sp³-hybridized carbons (Fsp3) is 0.250. The number of thioether (sulfide) groups is 1. The molecule has 8 heteroatoms. The predicted molar refractivity (Wildman–Crippen MR) is 143 cm³/mol. The molecule has 1 saturated heterocycles. The number of nitrogens with one attached hydrogen (secondary N) is 1. The Morgan fingerprint density at radius 1 is 1.03 bits per heavy atom. The average Bonchev–Trinajstić information content (AvgIpc) is 3.11. The van der Waals surface area contributed by atoms with Crippen LogP contribution in [-0.4, -0.2) is 41.7 Å². The van der Waals surface area contributed by atoms with E-state index in [2.05, 4.69) is 19.2 Å². The van der Waals surface area contributed by atoms with Gasteiger partial charge in [-0.3, -0.25) is 19.3 Å². The smallest absolute Gasteiger partial charge is 0.294 e. The number of benzene rings is 3. The molecule has 0 aliphatic carbocycles. The first kappa shape index (κ1) is 25.3. The van der Waals surface area contributed by atoms with E-state index in [1.54, 1.807) is 30.3 Å². The molecular formula is C28H28N2O5S. The van der Waals surface area contributed by atoms with Gasteiger partial charge in [0.15, 0.2) is 11.5 Å². The molecule has 3 aromatic rings. The summed E-state index contributed by atoms with van der Waals surface area (Å²) >= 11 is 0.812. The number of imide groups is 1. The molecule has 36 heavy (non-hydrogen) atoms. The summed E-state index contributed by atoms with van der Waals surface area (Å²) in [6.45, 7) is 6.66. The Labute approximate surface area is 214 Å². The van der Waals surface area contributed by atoms with Crippen molar-refractivity contribution in [2.24, 2.45) is 5.92 Å². The first-order chi connectivity index (χ1) is 17.4. The summed E-state index contributed by atoms with van der Waals surface area (Å²) in [5.74, 6) is 0.612. The maximum Gasteiger partial charge on any atom is 0.294 e. The second-order valence-corrected chi connectivity index (χ2v) is 9.68. The number of hydrogen-bond acceptors (Lipinski definition) is 6. The van der Waals surface area contributed by atoms with Crippen molar-refractivity contribution < 1.29 is 23.9 Å². The van der Waals surface area contributed by atoms with Crippen LogP contribution in [0.3, 0.4) is 0 Å². The van der Waals surface area contributed by atoms with Crippen LogP contribution in [0, 0.1) is 5.92 Å². The third-order valence-electron chi connectivity index (χ3n) is 5.38. The number of ether oxygens (including phenoxy) is 2. The zero-order chi connectivity index (χ0) is 25.7. The number of rotatable bonds is 9. The van der Waals surface area contributed by atoms with Crippen molar-refractivity contribution in [1.82, 2.24) is 4.90 Å². The van der Waals surface area contributed by atoms with Gasteiger partial charge in [-0.2, -0.15) is 0 Å². The molecule has 1 fully saturated rings. The van der Waals surface area contributed by atoms with Gasteiger partial charge in [0.25, 0.3) is 11.1 Å². The van der Waals surface area contributed by atoms with Crippen LogP contribution in [0.1, 0.15) is 26.3 Å². The van der Waals surface area contributed by atoms with Gasteiger partial charge in [0.2, 0.25) is 5.91 Å². The molecule has 3 aromatic carbocycles. The van der Waals surface area contributed by atoms with E-state index < -0.39 is 17.1 Å². The maximum atomic E-state index is 13.0. The van der Waals surface area contributed by atoms with Crippen LogP contribution in [0.15, 0.2) is 65.6 Å². The van der Waals surface area contributed by atoms with Crippen molar-refractivity contribution in [3.05, 3.63) is 71.1 Å². The Morgan fingerprint density at radius 2 is 1.81 bits per heavy atom. The van der Waals surface area contributed by atoms with E-state index in [0.29, 0.717) is 41.9 Å². The fourth-order valence-electron chi connectivity index (χ4n) is 3.71. The number of hydrogen-bond donors (Lipinski definition) is 1. The SMILES string of the molecule is CCOc1cc(/C=C2\SC(=O)N(CC(=O)Nc3cccc4ccccc34)C2=O)ccc1OCC(C)C. The third-order valence-corrected chi connectivity index (χ3v) is 6.28. The average molecular weight is 505 g/mol. The topological polar surface area (TPSA) is 84.9 Å². The molecule has 7 nitrogen and oxygen atoms in total. The van der Waals surface area contributed by atoms with Crippen LogP contribution < -0.4 is 14.8 Å². The van der Waals surface area contributed by atoms with E-state index in [-0.39, 0.29) is 11.4 Å². The number of amides is 3. The van der Waals surface area contributed by atoms with E-state index in [1.165, 1.54) is 0 Å². The molecule has 1 aliphatic heterocycles. The number of nitrogens with zero attached hydrogens (tertiary/aromatic N) is 1. The summed E-state index contributed by atoms with van der Waals surface area (Å²) in [7, 11) is 0. The molecule has 1 heterocycles. The molecule has 4 rings (SSSR count). The van der Waals surface area contributed by atoms with Crippen molar-refractivity contribution in [3.8, 4) is 11.5 Å². The highest BCUT2D eigenvalue weighted by Gasteiger charge is 2.36. The highest BCUT2D eigenvalue weighted by Crippen LogP contribution is 2.35. The molecule has 0 saturated carbocycles. The van der Waals surface area contributed by atoms with Crippen molar-refractivity contribution in [2.45, 2.75) is 20.8 Å². The predicted octanol–water partition coefficient (Wildman–Crippen LogP) is 5.95. The van der Waals surface area contributed by atoms with Gasteiger partial charge in [-0.05, 0) is 59.8 Å². The summed E-state index contributed by atoms with van der Waals surface area (Å²) in [5, 5.41) is 4.20. The summed E-state index contributed by atoms with van der Waals surface area (Å²) in [6, 6.07) is 18.6. The first-order valence-corrected chi connectivity index (χ1v) is 12.6. The van der Waals surface area contributed by atoms with Gasteiger partial charge in [-0.25, -0.2) is 0 Å². The van der Waals surface area contributed by atoms with Crippen molar-refractivity contribution >= 4 is 51.4 Å². The lowest BCUT2D eigenvalue weighted by Crippen LogP contribution is -2.36. The molecule has 0 aromatic heterocycles. The lowest BCUT2D eigenvalue weighted by molar-refractivity contribution is -0.127. The molecule has 1 N–H and O–H groups in total. The van der Waals surface area contributed by atoms with Gasteiger partial charge in [-0.15, -0.1) is 0 Å². The highest BCUT2D eigenvalue weighted by atomic mass is 32.2. The Morgan fingerprint density at radius 3 is 2.58 bits per heavy atom.